The number of rotatable bonds is 6. The molecule has 0 spiro atoms. The fraction of sp³-hybridized carbons (Fsp3) is 0.0870. The lowest BCUT2D eigenvalue weighted by Gasteiger charge is -2.09. The van der Waals surface area contributed by atoms with E-state index in [1.165, 1.54) is 23.1 Å². The Morgan fingerprint density at radius 3 is 2.61 bits per heavy atom. The second-order valence-electron chi connectivity index (χ2n) is 7.45. The van der Waals surface area contributed by atoms with Crippen molar-refractivity contribution in [2.75, 3.05) is 5.75 Å². The van der Waals surface area contributed by atoms with Gasteiger partial charge in [0.05, 0.1) is 9.72 Å². The van der Waals surface area contributed by atoms with Crippen molar-refractivity contribution in [3.63, 3.8) is 0 Å². The second kappa shape index (κ2) is 8.26. The molecule has 0 aliphatic rings. The van der Waals surface area contributed by atoms with Gasteiger partial charge in [0.15, 0.2) is 27.6 Å². The first-order valence-corrected chi connectivity index (χ1v) is 12.6. The van der Waals surface area contributed by atoms with Crippen LogP contribution in [0.3, 0.4) is 0 Å². The summed E-state index contributed by atoms with van der Waals surface area (Å²) in [4.78, 5) is 29.5. The zero-order valence-corrected chi connectivity index (χ0v) is 19.3. The molecule has 166 valence electrons. The summed E-state index contributed by atoms with van der Waals surface area (Å²) in [6, 6.07) is 15.0. The minimum Gasteiger partial charge on any atom is -0.443 e. The topological polar surface area (TPSA) is 99.2 Å². The first kappa shape index (κ1) is 21.6. The lowest BCUT2D eigenvalue weighted by atomic mass is 10.1. The summed E-state index contributed by atoms with van der Waals surface area (Å²) in [6.45, 7) is 0. The number of ketones is 1. The van der Waals surface area contributed by atoms with Gasteiger partial charge in [0.1, 0.15) is 15.5 Å². The maximum Gasteiger partial charge on any atom is 0.263 e. The third-order valence-electron chi connectivity index (χ3n) is 5.18. The van der Waals surface area contributed by atoms with E-state index in [0.717, 1.165) is 16.7 Å². The maximum absolute atomic E-state index is 13.0. The quantitative estimate of drug-likeness (QED) is 0.343. The molecule has 2 aromatic carbocycles. The number of fused-ring (bicyclic) bond motifs is 2. The summed E-state index contributed by atoms with van der Waals surface area (Å²) in [5, 5.41) is 1.26. The number of nitrogens with zero attached hydrogens (tertiary/aromatic N) is 2. The molecule has 3 heterocycles. The SMILES string of the molecule is O=C(Cc1ccc(-n2ccc3cc4ncoc4cc3c2=O)cc1)CS(=O)(=O)c1ccc(Cl)s1. The zero-order valence-electron chi connectivity index (χ0n) is 16.9. The Kier molecular flexibility index (Phi) is 5.40. The van der Waals surface area contributed by atoms with Crippen molar-refractivity contribution in [2.45, 2.75) is 10.6 Å². The average molecular weight is 499 g/mol. The minimum atomic E-state index is -3.72. The Balaban J connectivity index is 1.36. The first-order valence-electron chi connectivity index (χ1n) is 9.78. The van der Waals surface area contributed by atoms with Crippen LogP contribution < -0.4 is 5.56 Å². The van der Waals surface area contributed by atoms with Crippen molar-refractivity contribution in [1.82, 2.24) is 9.55 Å². The highest BCUT2D eigenvalue weighted by molar-refractivity contribution is 7.94. The molecule has 0 N–H and O–H groups in total. The van der Waals surface area contributed by atoms with Crippen LogP contribution in [0.25, 0.3) is 27.6 Å². The fourth-order valence-corrected chi connectivity index (χ4v) is 6.41. The highest BCUT2D eigenvalue weighted by Crippen LogP contribution is 2.26. The number of carbonyl (C=O) groups excluding carboxylic acids is 1. The Hall–Kier alpha value is -3.27. The number of sulfone groups is 1. The highest BCUT2D eigenvalue weighted by atomic mass is 35.5. The Morgan fingerprint density at radius 2 is 1.88 bits per heavy atom. The van der Waals surface area contributed by atoms with Gasteiger partial charge >= 0.3 is 0 Å². The van der Waals surface area contributed by atoms with Gasteiger partial charge in [-0.05, 0) is 53.4 Å². The van der Waals surface area contributed by atoms with Gasteiger partial charge in [-0.3, -0.25) is 14.2 Å². The average Bonchev–Trinajstić information content (AvgIpc) is 3.42. The van der Waals surface area contributed by atoms with Crippen LogP contribution in [0.4, 0.5) is 0 Å². The molecular weight excluding hydrogens is 484 g/mol. The molecule has 0 saturated heterocycles. The van der Waals surface area contributed by atoms with Crippen LogP contribution in [0, 0.1) is 0 Å². The van der Waals surface area contributed by atoms with E-state index in [4.69, 9.17) is 16.0 Å². The summed E-state index contributed by atoms with van der Waals surface area (Å²) in [5.74, 6) is -1.02. The van der Waals surface area contributed by atoms with Gasteiger partial charge in [-0.2, -0.15) is 0 Å². The smallest absolute Gasteiger partial charge is 0.263 e. The summed E-state index contributed by atoms with van der Waals surface area (Å²) in [7, 11) is -3.72. The van der Waals surface area contributed by atoms with Crippen LogP contribution in [-0.2, 0) is 21.1 Å². The predicted molar refractivity (Wildman–Crippen MR) is 127 cm³/mol. The first-order chi connectivity index (χ1) is 15.8. The van der Waals surface area contributed by atoms with Crippen LogP contribution >= 0.6 is 22.9 Å². The molecule has 7 nitrogen and oxygen atoms in total. The van der Waals surface area contributed by atoms with E-state index in [9.17, 15) is 18.0 Å². The monoisotopic (exact) mass is 498 g/mol. The predicted octanol–water partition coefficient (Wildman–Crippen LogP) is 4.43. The van der Waals surface area contributed by atoms with Crippen molar-refractivity contribution in [3.05, 3.63) is 87.4 Å². The number of benzene rings is 2. The zero-order chi connectivity index (χ0) is 23.2. The van der Waals surface area contributed by atoms with E-state index in [2.05, 4.69) is 4.98 Å². The van der Waals surface area contributed by atoms with Crippen LogP contribution in [0.5, 0.6) is 0 Å². The Bertz CT molecular complexity index is 1680. The summed E-state index contributed by atoms with van der Waals surface area (Å²) < 4.78 is 32.0. The van der Waals surface area contributed by atoms with Gasteiger partial charge in [-0.25, -0.2) is 13.4 Å². The molecule has 3 aromatic heterocycles. The molecule has 5 aromatic rings. The van der Waals surface area contributed by atoms with Crippen LogP contribution in [0.15, 0.2) is 80.6 Å². The molecule has 0 aliphatic carbocycles. The number of oxazole rings is 1. The molecule has 0 radical (unpaired) electrons. The molecule has 0 amide bonds. The molecular formula is C23H15ClN2O5S2. The summed E-state index contributed by atoms with van der Waals surface area (Å²) >= 11 is 6.73. The van der Waals surface area contributed by atoms with Crippen molar-refractivity contribution in [3.8, 4) is 5.69 Å². The van der Waals surface area contributed by atoms with E-state index in [1.54, 1.807) is 42.6 Å². The van der Waals surface area contributed by atoms with Gasteiger partial charge in [0.25, 0.3) is 5.56 Å². The van der Waals surface area contributed by atoms with Crippen molar-refractivity contribution >= 4 is 60.4 Å². The van der Waals surface area contributed by atoms with Gasteiger partial charge in [-0.1, -0.05) is 23.7 Å². The Labute approximate surface area is 196 Å². The summed E-state index contributed by atoms with van der Waals surface area (Å²) in [6.07, 6.45) is 2.98. The molecule has 0 fully saturated rings. The van der Waals surface area contributed by atoms with Gasteiger partial charge < -0.3 is 4.42 Å². The van der Waals surface area contributed by atoms with Crippen molar-refractivity contribution in [1.29, 1.82) is 0 Å². The van der Waals surface area contributed by atoms with E-state index in [-0.39, 0.29) is 16.2 Å². The van der Waals surface area contributed by atoms with Crippen LogP contribution in [0.1, 0.15) is 5.56 Å². The lowest BCUT2D eigenvalue weighted by molar-refractivity contribution is -0.116. The maximum atomic E-state index is 13.0. The Morgan fingerprint density at radius 1 is 1.09 bits per heavy atom. The fourth-order valence-electron chi connectivity index (χ4n) is 3.60. The largest absolute Gasteiger partial charge is 0.443 e. The number of Topliss-reactive ketones (excluding diaryl/α,β-unsaturated/α-hetero) is 1. The van der Waals surface area contributed by atoms with Crippen molar-refractivity contribution in [2.24, 2.45) is 0 Å². The number of aromatic nitrogens is 2. The molecule has 10 heteroatoms. The van der Waals surface area contributed by atoms with E-state index in [1.807, 2.05) is 6.07 Å². The van der Waals surface area contributed by atoms with Gasteiger partial charge in [0.2, 0.25) is 0 Å². The minimum absolute atomic E-state index is 0.0330. The number of pyridine rings is 1. The lowest BCUT2D eigenvalue weighted by Crippen LogP contribution is -2.18. The molecule has 33 heavy (non-hydrogen) atoms. The second-order valence-corrected chi connectivity index (χ2v) is 11.4. The number of carbonyl (C=O) groups is 1. The number of hydrogen-bond acceptors (Lipinski definition) is 7. The molecule has 0 atom stereocenters. The number of thiophene rings is 1. The molecule has 0 saturated carbocycles. The van der Waals surface area contributed by atoms with Gasteiger partial charge in [-0.15, -0.1) is 11.3 Å². The third kappa shape index (κ3) is 4.22. The van der Waals surface area contributed by atoms with E-state index < -0.39 is 21.4 Å². The third-order valence-corrected chi connectivity index (χ3v) is 8.67. The molecule has 0 unspecified atom stereocenters. The standard InChI is InChI=1S/C23H15ClN2O5S2/c24-21-5-6-22(32-21)33(29,30)12-17(27)9-14-1-3-16(4-2-14)26-8-7-15-10-19-20(31-13-25-19)11-18(15)23(26)28/h1-8,10-11,13H,9,12H2. The van der Waals surface area contributed by atoms with Crippen LogP contribution in [-0.4, -0.2) is 29.5 Å². The van der Waals surface area contributed by atoms with Gasteiger partial charge in [0, 0.05) is 18.3 Å². The summed E-state index contributed by atoms with van der Waals surface area (Å²) in [5.41, 5.74) is 2.27. The molecule has 0 aliphatic heterocycles. The molecule has 5 rings (SSSR count). The van der Waals surface area contributed by atoms with Crippen LogP contribution in [0.2, 0.25) is 4.34 Å². The van der Waals surface area contributed by atoms with E-state index >= 15 is 0 Å². The normalized spacial score (nSPS) is 11.9. The number of halogens is 1. The highest BCUT2D eigenvalue weighted by Gasteiger charge is 2.21. The van der Waals surface area contributed by atoms with E-state index in [0.29, 0.717) is 32.1 Å². The van der Waals surface area contributed by atoms with Crippen molar-refractivity contribution < 1.29 is 17.6 Å². The molecule has 0 bridgehead atoms. The number of hydrogen-bond donors (Lipinski definition) is 0.